The molecular formula is C17H25N5O2. The molecule has 0 aromatic carbocycles. The van der Waals surface area contributed by atoms with Crippen LogP contribution in [0.1, 0.15) is 33.6 Å². The average molecular weight is 331 g/mol. The number of nitrogens with zero attached hydrogens (tertiary/aromatic N) is 4. The average Bonchev–Trinajstić information content (AvgIpc) is 2.96. The summed E-state index contributed by atoms with van der Waals surface area (Å²) in [5.74, 6) is 0.819. The van der Waals surface area contributed by atoms with Crippen LogP contribution in [0, 0.1) is 0 Å². The van der Waals surface area contributed by atoms with Crippen LogP contribution >= 0.6 is 0 Å². The van der Waals surface area contributed by atoms with Gasteiger partial charge in [0.15, 0.2) is 5.65 Å². The molecule has 1 fully saturated rings. The number of carbonyl (C=O) groups excluding carboxylic acids is 1. The molecule has 1 aliphatic heterocycles. The highest BCUT2D eigenvalue weighted by molar-refractivity contribution is 5.73. The number of piperidine rings is 1. The van der Waals surface area contributed by atoms with Crippen molar-refractivity contribution in [2.75, 3.05) is 25.0 Å². The van der Waals surface area contributed by atoms with Crippen LogP contribution in [-0.2, 0) is 4.74 Å². The Morgan fingerprint density at radius 1 is 1.38 bits per heavy atom. The topological polar surface area (TPSA) is 74.4 Å². The second-order valence-corrected chi connectivity index (χ2v) is 7.24. The first kappa shape index (κ1) is 16.5. The van der Waals surface area contributed by atoms with E-state index in [0.29, 0.717) is 19.1 Å². The van der Waals surface area contributed by atoms with Crippen molar-refractivity contribution in [3.05, 3.63) is 18.3 Å². The minimum Gasteiger partial charge on any atom is -0.444 e. The van der Waals surface area contributed by atoms with Gasteiger partial charge in [-0.05, 0) is 45.7 Å². The molecule has 0 aliphatic carbocycles. The van der Waals surface area contributed by atoms with E-state index in [2.05, 4.69) is 19.9 Å². The van der Waals surface area contributed by atoms with Gasteiger partial charge in [0.05, 0.1) is 5.52 Å². The molecule has 3 heterocycles. The number of fused-ring (bicyclic) bond motifs is 1. The van der Waals surface area contributed by atoms with Crippen molar-refractivity contribution in [2.45, 2.75) is 45.3 Å². The summed E-state index contributed by atoms with van der Waals surface area (Å²) in [7, 11) is 2.03. The number of hydrogen-bond acceptors (Lipinski definition) is 5. The molecule has 0 atom stereocenters. The number of pyridine rings is 1. The number of aromatic amines is 1. The van der Waals surface area contributed by atoms with Crippen molar-refractivity contribution >= 4 is 23.2 Å². The van der Waals surface area contributed by atoms with Crippen molar-refractivity contribution in [1.29, 1.82) is 0 Å². The molecule has 24 heavy (non-hydrogen) atoms. The zero-order valence-corrected chi connectivity index (χ0v) is 14.7. The van der Waals surface area contributed by atoms with E-state index in [1.165, 1.54) is 0 Å². The fraction of sp³-hybridized carbons (Fsp3) is 0.588. The van der Waals surface area contributed by atoms with Crippen LogP contribution in [0.2, 0.25) is 0 Å². The quantitative estimate of drug-likeness (QED) is 0.916. The van der Waals surface area contributed by atoms with E-state index in [1.54, 1.807) is 11.1 Å². The summed E-state index contributed by atoms with van der Waals surface area (Å²) in [5, 5.41) is 0. The van der Waals surface area contributed by atoms with Gasteiger partial charge in [0.25, 0.3) is 0 Å². The molecule has 1 amide bonds. The third-order valence-electron chi connectivity index (χ3n) is 4.24. The van der Waals surface area contributed by atoms with E-state index in [4.69, 9.17) is 4.74 Å². The molecule has 7 heteroatoms. The highest BCUT2D eigenvalue weighted by Gasteiger charge is 2.29. The minimum absolute atomic E-state index is 0.225. The highest BCUT2D eigenvalue weighted by atomic mass is 16.6. The van der Waals surface area contributed by atoms with Crippen LogP contribution in [0.25, 0.3) is 11.2 Å². The Labute approximate surface area is 142 Å². The zero-order valence-electron chi connectivity index (χ0n) is 14.7. The number of nitrogens with one attached hydrogen (secondary N) is 1. The largest absolute Gasteiger partial charge is 0.444 e. The number of ether oxygens (including phenoxy) is 1. The minimum atomic E-state index is -0.452. The van der Waals surface area contributed by atoms with E-state index in [9.17, 15) is 4.79 Å². The summed E-state index contributed by atoms with van der Waals surface area (Å²) in [6.07, 6.45) is 3.30. The fourth-order valence-electron chi connectivity index (χ4n) is 2.93. The predicted molar refractivity (Wildman–Crippen MR) is 93.1 cm³/mol. The Kier molecular flexibility index (Phi) is 4.34. The number of carbonyl (C=O) groups is 1. The Hall–Kier alpha value is -2.31. The number of anilines is 1. The van der Waals surface area contributed by atoms with Gasteiger partial charge < -0.3 is 19.5 Å². The first-order valence-corrected chi connectivity index (χ1v) is 8.35. The van der Waals surface area contributed by atoms with E-state index >= 15 is 0 Å². The smallest absolute Gasteiger partial charge is 0.410 e. The van der Waals surface area contributed by atoms with E-state index in [0.717, 1.165) is 30.0 Å². The van der Waals surface area contributed by atoms with Crippen LogP contribution in [0.15, 0.2) is 18.3 Å². The van der Waals surface area contributed by atoms with E-state index < -0.39 is 5.60 Å². The summed E-state index contributed by atoms with van der Waals surface area (Å²) < 4.78 is 5.44. The number of H-pyrrole nitrogens is 1. The molecule has 130 valence electrons. The van der Waals surface area contributed by atoms with Crippen molar-refractivity contribution in [2.24, 2.45) is 0 Å². The van der Waals surface area contributed by atoms with E-state index in [1.807, 2.05) is 40.0 Å². The normalized spacial score (nSPS) is 16.4. The van der Waals surface area contributed by atoms with Gasteiger partial charge in [-0.3, -0.25) is 0 Å². The lowest BCUT2D eigenvalue weighted by Gasteiger charge is -2.37. The summed E-state index contributed by atoms with van der Waals surface area (Å²) in [6, 6.07) is 4.20. The lowest BCUT2D eigenvalue weighted by molar-refractivity contribution is 0.0205. The highest BCUT2D eigenvalue weighted by Crippen LogP contribution is 2.22. The van der Waals surface area contributed by atoms with Crippen LogP contribution in [0.4, 0.5) is 10.7 Å². The van der Waals surface area contributed by atoms with Crippen molar-refractivity contribution < 1.29 is 9.53 Å². The Morgan fingerprint density at radius 3 is 2.71 bits per heavy atom. The van der Waals surface area contributed by atoms with Gasteiger partial charge >= 0.3 is 6.09 Å². The number of likely N-dealkylation sites (tertiary alicyclic amines) is 1. The first-order valence-electron chi connectivity index (χ1n) is 8.35. The van der Waals surface area contributed by atoms with Crippen molar-refractivity contribution in [3.63, 3.8) is 0 Å². The van der Waals surface area contributed by atoms with Crippen molar-refractivity contribution in [1.82, 2.24) is 19.9 Å². The number of amides is 1. The van der Waals surface area contributed by atoms with Gasteiger partial charge in [0, 0.05) is 32.4 Å². The standard InChI is InChI=1S/C17H25N5O2/c1-17(2,3)24-16(23)22-10-7-12(8-11-22)21(4)15-19-13-6-5-9-18-14(13)20-15/h5-6,9,12H,7-8,10-11H2,1-4H3,(H,18,19,20). The SMILES string of the molecule is CN(c1nc2ncccc2[nH]1)C1CCN(C(=O)OC(C)(C)C)CC1. The maximum Gasteiger partial charge on any atom is 0.410 e. The second kappa shape index (κ2) is 6.30. The molecule has 0 spiro atoms. The summed E-state index contributed by atoms with van der Waals surface area (Å²) in [6.45, 7) is 7.06. The molecule has 1 aliphatic rings. The molecule has 2 aromatic heterocycles. The lowest BCUT2D eigenvalue weighted by Crippen LogP contribution is -2.47. The zero-order chi connectivity index (χ0) is 17.3. The van der Waals surface area contributed by atoms with Gasteiger partial charge in [0.1, 0.15) is 5.60 Å². The Balaban J connectivity index is 1.60. The maximum atomic E-state index is 12.1. The van der Waals surface area contributed by atoms with Gasteiger partial charge in [-0.2, -0.15) is 4.98 Å². The van der Waals surface area contributed by atoms with Crippen molar-refractivity contribution in [3.8, 4) is 0 Å². The molecule has 1 saturated heterocycles. The monoisotopic (exact) mass is 331 g/mol. The number of imidazole rings is 1. The predicted octanol–water partition coefficient (Wildman–Crippen LogP) is 2.79. The van der Waals surface area contributed by atoms with Gasteiger partial charge in [-0.1, -0.05) is 0 Å². The third-order valence-corrected chi connectivity index (χ3v) is 4.24. The van der Waals surface area contributed by atoms with Gasteiger partial charge in [0.2, 0.25) is 5.95 Å². The molecule has 3 rings (SSSR count). The lowest BCUT2D eigenvalue weighted by atomic mass is 10.0. The molecule has 0 bridgehead atoms. The molecule has 7 nitrogen and oxygen atoms in total. The molecule has 2 aromatic rings. The summed E-state index contributed by atoms with van der Waals surface area (Å²) in [4.78, 5) is 28.2. The van der Waals surface area contributed by atoms with Crippen LogP contribution in [-0.4, -0.2) is 57.7 Å². The summed E-state index contributed by atoms with van der Waals surface area (Å²) in [5.41, 5.74) is 1.21. The second-order valence-electron chi connectivity index (χ2n) is 7.24. The van der Waals surface area contributed by atoms with Gasteiger partial charge in [-0.15, -0.1) is 0 Å². The van der Waals surface area contributed by atoms with Crippen LogP contribution in [0.3, 0.4) is 0 Å². The first-order chi connectivity index (χ1) is 11.3. The maximum absolute atomic E-state index is 12.1. The molecule has 0 radical (unpaired) electrons. The van der Waals surface area contributed by atoms with E-state index in [-0.39, 0.29) is 6.09 Å². The Bertz CT molecular complexity index is 680. The van der Waals surface area contributed by atoms with Crippen LogP contribution in [0.5, 0.6) is 0 Å². The van der Waals surface area contributed by atoms with Crippen LogP contribution < -0.4 is 4.90 Å². The fourth-order valence-corrected chi connectivity index (χ4v) is 2.93. The Morgan fingerprint density at radius 2 is 2.08 bits per heavy atom. The number of rotatable bonds is 2. The molecule has 0 saturated carbocycles. The number of hydrogen-bond donors (Lipinski definition) is 1. The van der Waals surface area contributed by atoms with Gasteiger partial charge in [-0.25, -0.2) is 9.78 Å². The third kappa shape index (κ3) is 3.60. The molecule has 0 unspecified atom stereocenters. The number of aromatic nitrogens is 3. The summed E-state index contributed by atoms with van der Waals surface area (Å²) >= 11 is 0. The molecule has 1 N–H and O–H groups in total. The molecular weight excluding hydrogens is 306 g/mol.